The first-order chi connectivity index (χ1) is 8.81. The highest BCUT2D eigenvalue weighted by Gasteiger charge is 2.11. The fraction of sp³-hybridized carbons (Fsp3) is 0.125. The highest BCUT2D eigenvalue weighted by molar-refractivity contribution is 6.00. The van der Waals surface area contributed by atoms with E-state index < -0.39 is 0 Å². The minimum Gasteiger partial charge on any atom is -0.495 e. The van der Waals surface area contributed by atoms with Crippen LogP contribution in [-0.2, 0) is 0 Å². The van der Waals surface area contributed by atoms with Crippen molar-refractivity contribution in [2.75, 3.05) is 7.11 Å². The third-order valence-electron chi connectivity index (χ3n) is 3.30. The van der Waals surface area contributed by atoms with E-state index >= 15 is 0 Å². The maximum absolute atomic E-state index is 5.40. The molecule has 0 aliphatic heterocycles. The lowest BCUT2D eigenvalue weighted by Gasteiger charge is -2.08. The molecule has 2 nitrogen and oxygen atoms in total. The molecule has 0 bridgehead atoms. The van der Waals surface area contributed by atoms with Crippen molar-refractivity contribution < 1.29 is 4.74 Å². The largest absolute Gasteiger partial charge is 0.495 e. The number of benzene rings is 2. The molecular formula is C16H15NO. The van der Waals surface area contributed by atoms with Crippen LogP contribution in [0.25, 0.3) is 22.0 Å². The fourth-order valence-electron chi connectivity index (χ4n) is 2.42. The Morgan fingerprint density at radius 2 is 1.78 bits per heavy atom. The van der Waals surface area contributed by atoms with Crippen LogP contribution in [0.4, 0.5) is 0 Å². The van der Waals surface area contributed by atoms with Gasteiger partial charge in [0.25, 0.3) is 0 Å². The van der Waals surface area contributed by atoms with Gasteiger partial charge in [-0.05, 0) is 35.7 Å². The van der Waals surface area contributed by atoms with Gasteiger partial charge >= 0.3 is 0 Å². The van der Waals surface area contributed by atoms with Gasteiger partial charge in [-0.25, -0.2) is 0 Å². The summed E-state index contributed by atoms with van der Waals surface area (Å²) in [5.41, 5.74) is 4.78. The van der Waals surface area contributed by atoms with Gasteiger partial charge < -0.3 is 9.72 Å². The van der Waals surface area contributed by atoms with Crippen LogP contribution in [0, 0.1) is 6.92 Å². The van der Waals surface area contributed by atoms with Gasteiger partial charge in [0, 0.05) is 11.6 Å². The normalized spacial score (nSPS) is 10.8. The molecule has 18 heavy (non-hydrogen) atoms. The summed E-state index contributed by atoms with van der Waals surface area (Å²) in [6, 6.07) is 14.6. The number of fused-ring (bicyclic) bond motifs is 1. The molecule has 3 aromatic rings. The summed E-state index contributed by atoms with van der Waals surface area (Å²) in [6.07, 6.45) is 2.03. The highest BCUT2D eigenvalue weighted by atomic mass is 16.5. The zero-order valence-electron chi connectivity index (χ0n) is 10.5. The van der Waals surface area contributed by atoms with Crippen molar-refractivity contribution in [1.82, 2.24) is 4.98 Å². The van der Waals surface area contributed by atoms with E-state index in [4.69, 9.17) is 4.74 Å². The van der Waals surface area contributed by atoms with Gasteiger partial charge in [-0.1, -0.05) is 30.3 Å². The summed E-state index contributed by atoms with van der Waals surface area (Å²) < 4.78 is 5.40. The Hall–Kier alpha value is -2.22. The van der Waals surface area contributed by atoms with Gasteiger partial charge in [0.05, 0.1) is 12.6 Å². The smallest absolute Gasteiger partial charge is 0.142 e. The van der Waals surface area contributed by atoms with Crippen molar-refractivity contribution in [3.8, 4) is 16.9 Å². The van der Waals surface area contributed by atoms with Gasteiger partial charge in [-0.2, -0.15) is 0 Å². The third-order valence-corrected chi connectivity index (χ3v) is 3.30. The molecule has 2 aromatic carbocycles. The van der Waals surface area contributed by atoms with Crippen LogP contribution in [-0.4, -0.2) is 12.1 Å². The number of aryl methyl sites for hydroxylation is 1. The number of ether oxygens (including phenoxy) is 1. The molecule has 0 unspecified atom stereocenters. The Morgan fingerprint density at radius 1 is 1.00 bits per heavy atom. The molecule has 90 valence electrons. The second kappa shape index (κ2) is 4.22. The summed E-state index contributed by atoms with van der Waals surface area (Å²) in [5.74, 6) is 0.887. The lowest BCUT2D eigenvalue weighted by Crippen LogP contribution is -1.87. The second-order valence-corrected chi connectivity index (χ2v) is 4.40. The molecule has 0 aliphatic carbocycles. The van der Waals surface area contributed by atoms with E-state index in [-0.39, 0.29) is 0 Å². The molecular weight excluding hydrogens is 222 g/mol. The van der Waals surface area contributed by atoms with Crippen molar-refractivity contribution in [1.29, 1.82) is 0 Å². The van der Waals surface area contributed by atoms with Gasteiger partial charge in [0.2, 0.25) is 0 Å². The number of H-pyrrole nitrogens is 1. The Bertz CT molecular complexity index is 683. The number of hydrogen-bond donors (Lipinski definition) is 1. The minimum atomic E-state index is 0.887. The predicted octanol–water partition coefficient (Wildman–Crippen LogP) is 4.15. The van der Waals surface area contributed by atoms with Gasteiger partial charge in [0.15, 0.2) is 0 Å². The first kappa shape index (κ1) is 10.9. The minimum absolute atomic E-state index is 0.887. The lowest BCUT2D eigenvalue weighted by atomic mass is 9.99. The van der Waals surface area contributed by atoms with E-state index in [1.165, 1.54) is 22.1 Å². The molecule has 0 saturated heterocycles. The molecule has 0 fully saturated rings. The van der Waals surface area contributed by atoms with Crippen LogP contribution in [0.5, 0.6) is 5.75 Å². The molecule has 2 heteroatoms. The third kappa shape index (κ3) is 1.58. The van der Waals surface area contributed by atoms with E-state index in [9.17, 15) is 0 Å². The van der Waals surface area contributed by atoms with Crippen molar-refractivity contribution in [2.24, 2.45) is 0 Å². The van der Waals surface area contributed by atoms with Crippen LogP contribution >= 0.6 is 0 Å². The van der Waals surface area contributed by atoms with Crippen LogP contribution in [0.15, 0.2) is 48.7 Å². The highest BCUT2D eigenvalue weighted by Crippen LogP contribution is 2.35. The SMILES string of the molecule is COc1ccc(-c2ccccc2)c2c(C)c[nH]c12. The van der Waals surface area contributed by atoms with Crippen molar-refractivity contribution in [3.05, 3.63) is 54.2 Å². The number of hydrogen-bond acceptors (Lipinski definition) is 1. The number of methoxy groups -OCH3 is 1. The number of aromatic nitrogens is 1. The molecule has 3 rings (SSSR count). The van der Waals surface area contributed by atoms with Gasteiger partial charge in [-0.15, -0.1) is 0 Å². The van der Waals surface area contributed by atoms with Gasteiger partial charge in [0.1, 0.15) is 5.75 Å². The molecule has 0 spiro atoms. The van der Waals surface area contributed by atoms with Crippen LogP contribution in [0.2, 0.25) is 0 Å². The lowest BCUT2D eigenvalue weighted by molar-refractivity contribution is 0.419. The zero-order valence-corrected chi connectivity index (χ0v) is 10.5. The molecule has 1 aromatic heterocycles. The van der Waals surface area contributed by atoms with E-state index in [1.807, 2.05) is 18.3 Å². The number of nitrogens with one attached hydrogen (secondary N) is 1. The van der Waals surface area contributed by atoms with Crippen molar-refractivity contribution >= 4 is 10.9 Å². The van der Waals surface area contributed by atoms with Gasteiger partial charge in [-0.3, -0.25) is 0 Å². The van der Waals surface area contributed by atoms with Crippen LogP contribution in [0.3, 0.4) is 0 Å². The van der Waals surface area contributed by atoms with Crippen LogP contribution < -0.4 is 4.74 Å². The topological polar surface area (TPSA) is 25.0 Å². The zero-order chi connectivity index (χ0) is 12.5. The van der Waals surface area contributed by atoms with E-state index in [0.29, 0.717) is 0 Å². The summed E-state index contributed by atoms with van der Waals surface area (Å²) in [5, 5.41) is 1.24. The number of aromatic amines is 1. The van der Waals surface area contributed by atoms with Crippen molar-refractivity contribution in [2.45, 2.75) is 6.92 Å². The Balaban J connectivity index is 2.34. The first-order valence-electron chi connectivity index (χ1n) is 6.01. The first-order valence-corrected chi connectivity index (χ1v) is 6.01. The Labute approximate surface area is 106 Å². The molecule has 1 N–H and O–H groups in total. The average molecular weight is 237 g/mol. The molecule has 0 aliphatic rings. The monoisotopic (exact) mass is 237 g/mol. The quantitative estimate of drug-likeness (QED) is 0.711. The Kier molecular flexibility index (Phi) is 2.56. The molecule has 0 amide bonds. The molecule has 1 heterocycles. The second-order valence-electron chi connectivity index (χ2n) is 4.40. The molecule has 0 saturated carbocycles. The van der Waals surface area contributed by atoms with E-state index in [2.05, 4.69) is 42.2 Å². The maximum Gasteiger partial charge on any atom is 0.142 e. The molecule has 0 atom stereocenters. The Morgan fingerprint density at radius 3 is 2.50 bits per heavy atom. The summed E-state index contributed by atoms with van der Waals surface area (Å²) >= 11 is 0. The summed E-state index contributed by atoms with van der Waals surface area (Å²) in [6.45, 7) is 2.12. The number of rotatable bonds is 2. The fourth-order valence-corrected chi connectivity index (χ4v) is 2.42. The standard InChI is InChI=1S/C16H15NO/c1-11-10-17-16-14(18-2)9-8-13(15(11)16)12-6-4-3-5-7-12/h3-10,17H,1-2H3. The van der Waals surface area contributed by atoms with Crippen molar-refractivity contribution in [3.63, 3.8) is 0 Å². The maximum atomic E-state index is 5.40. The predicted molar refractivity (Wildman–Crippen MR) is 75.0 cm³/mol. The van der Waals surface area contributed by atoms with E-state index in [0.717, 1.165) is 11.3 Å². The van der Waals surface area contributed by atoms with Crippen LogP contribution in [0.1, 0.15) is 5.56 Å². The average Bonchev–Trinajstić information content (AvgIpc) is 2.82. The van der Waals surface area contributed by atoms with E-state index in [1.54, 1.807) is 7.11 Å². The molecule has 0 radical (unpaired) electrons. The summed E-state index contributed by atoms with van der Waals surface area (Å²) in [7, 11) is 1.70. The summed E-state index contributed by atoms with van der Waals surface area (Å²) in [4.78, 5) is 3.29.